The van der Waals surface area contributed by atoms with Gasteiger partial charge in [-0.2, -0.15) is 0 Å². The van der Waals surface area contributed by atoms with E-state index in [1.165, 1.54) is 6.42 Å². The van der Waals surface area contributed by atoms with E-state index in [2.05, 4.69) is 23.6 Å². The SMILES string of the molecule is CCN(CC)C1CCN(c2ccc(F)cc2CC(C)N)C1. The predicted octanol–water partition coefficient (Wildman–Crippen LogP) is 2.64. The van der Waals surface area contributed by atoms with Crippen LogP contribution in [-0.2, 0) is 6.42 Å². The van der Waals surface area contributed by atoms with Crippen molar-refractivity contribution in [3.05, 3.63) is 29.6 Å². The molecule has 1 aliphatic heterocycles. The Bertz CT molecular complexity index is 457. The Morgan fingerprint density at radius 1 is 1.38 bits per heavy atom. The predicted molar refractivity (Wildman–Crippen MR) is 87.3 cm³/mol. The summed E-state index contributed by atoms with van der Waals surface area (Å²) in [5.74, 6) is -0.172. The first-order chi connectivity index (χ1) is 10.0. The zero-order valence-corrected chi connectivity index (χ0v) is 13.5. The van der Waals surface area contributed by atoms with E-state index in [0.29, 0.717) is 6.04 Å². The van der Waals surface area contributed by atoms with Gasteiger partial charge in [0.25, 0.3) is 0 Å². The van der Waals surface area contributed by atoms with Crippen LogP contribution in [0.25, 0.3) is 0 Å². The molecule has 1 aromatic carbocycles. The van der Waals surface area contributed by atoms with E-state index in [1.54, 1.807) is 12.1 Å². The lowest BCUT2D eigenvalue weighted by atomic mass is 10.0. The fraction of sp³-hybridized carbons (Fsp3) is 0.647. The molecule has 0 aliphatic carbocycles. The third kappa shape index (κ3) is 3.95. The van der Waals surface area contributed by atoms with Crippen LogP contribution >= 0.6 is 0 Å². The fourth-order valence-corrected chi connectivity index (χ4v) is 3.37. The average Bonchev–Trinajstić information content (AvgIpc) is 2.89. The van der Waals surface area contributed by atoms with Crippen molar-refractivity contribution in [2.24, 2.45) is 5.73 Å². The molecular formula is C17H28FN3. The van der Waals surface area contributed by atoms with Gasteiger partial charge < -0.3 is 10.6 Å². The van der Waals surface area contributed by atoms with Crippen LogP contribution in [0, 0.1) is 5.82 Å². The van der Waals surface area contributed by atoms with Gasteiger partial charge in [-0.25, -0.2) is 4.39 Å². The van der Waals surface area contributed by atoms with Gasteiger partial charge in [0.05, 0.1) is 0 Å². The average molecular weight is 293 g/mol. The molecule has 1 aromatic rings. The highest BCUT2D eigenvalue weighted by atomic mass is 19.1. The first kappa shape index (κ1) is 16.2. The molecule has 0 bridgehead atoms. The van der Waals surface area contributed by atoms with Crippen LogP contribution in [0.4, 0.5) is 10.1 Å². The van der Waals surface area contributed by atoms with Gasteiger partial charge in [0.2, 0.25) is 0 Å². The molecule has 4 heteroatoms. The summed E-state index contributed by atoms with van der Waals surface area (Å²) in [6.07, 6.45) is 1.90. The molecule has 2 rings (SSSR count). The highest BCUT2D eigenvalue weighted by Crippen LogP contribution is 2.28. The van der Waals surface area contributed by atoms with Crippen molar-refractivity contribution in [2.75, 3.05) is 31.1 Å². The maximum Gasteiger partial charge on any atom is 0.123 e. The Balaban J connectivity index is 2.15. The number of rotatable bonds is 6. The number of likely N-dealkylation sites (N-methyl/N-ethyl adjacent to an activating group) is 1. The van der Waals surface area contributed by atoms with Gasteiger partial charge >= 0.3 is 0 Å². The topological polar surface area (TPSA) is 32.5 Å². The Morgan fingerprint density at radius 2 is 2.10 bits per heavy atom. The van der Waals surface area contributed by atoms with Crippen LogP contribution in [0.5, 0.6) is 0 Å². The minimum Gasteiger partial charge on any atom is -0.370 e. The number of anilines is 1. The van der Waals surface area contributed by atoms with Crippen LogP contribution < -0.4 is 10.6 Å². The summed E-state index contributed by atoms with van der Waals surface area (Å²) in [6.45, 7) is 10.6. The summed E-state index contributed by atoms with van der Waals surface area (Å²) in [5.41, 5.74) is 8.10. The molecule has 0 spiro atoms. The fourth-order valence-electron chi connectivity index (χ4n) is 3.37. The maximum absolute atomic E-state index is 13.5. The van der Waals surface area contributed by atoms with Gasteiger partial charge in [0.15, 0.2) is 0 Å². The molecular weight excluding hydrogens is 265 g/mol. The van der Waals surface area contributed by atoms with Crippen LogP contribution in [0.3, 0.4) is 0 Å². The van der Waals surface area contributed by atoms with Gasteiger partial charge in [-0.15, -0.1) is 0 Å². The number of nitrogens with two attached hydrogens (primary N) is 1. The minimum atomic E-state index is -0.172. The van der Waals surface area contributed by atoms with Crippen LogP contribution in [0.1, 0.15) is 32.8 Å². The van der Waals surface area contributed by atoms with Crippen LogP contribution in [0.2, 0.25) is 0 Å². The molecule has 21 heavy (non-hydrogen) atoms. The number of nitrogens with zero attached hydrogens (tertiary/aromatic N) is 2. The number of benzene rings is 1. The second kappa shape index (κ2) is 7.23. The molecule has 0 aromatic heterocycles. The van der Waals surface area contributed by atoms with Gasteiger partial charge in [-0.05, 0) is 56.6 Å². The Hall–Kier alpha value is -1.13. The lowest BCUT2D eigenvalue weighted by Crippen LogP contribution is -2.37. The van der Waals surface area contributed by atoms with E-state index in [0.717, 1.165) is 43.9 Å². The third-order valence-corrected chi connectivity index (χ3v) is 4.42. The van der Waals surface area contributed by atoms with Crippen LogP contribution in [-0.4, -0.2) is 43.2 Å². The molecule has 1 aliphatic rings. The molecule has 0 amide bonds. The summed E-state index contributed by atoms with van der Waals surface area (Å²) in [5, 5.41) is 0. The largest absolute Gasteiger partial charge is 0.370 e. The smallest absolute Gasteiger partial charge is 0.123 e. The molecule has 1 saturated heterocycles. The van der Waals surface area contributed by atoms with E-state index >= 15 is 0 Å². The van der Waals surface area contributed by atoms with Crippen LogP contribution in [0.15, 0.2) is 18.2 Å². The first-order valence-corrected chi connectivity index (χ1v) is 8.08. The number of hydrogen-bond acceptors (Lipinski definition) is 3. The summed E-state index contributed by atoms with van der Waals surface area (Å²) < 4.78 is 13.5. The highest BCUT2D eigenvalue weighted by Gasteiger charge is 2.27. The standard InChI is InChI=1S/C17H28FN3/c1-4-20(5-2)16-8-9-21(12-16)17-7-6-15(18)11-14(17)10-13(3)19/h6-7,11,13,16H,4-5,8-10,12,19H2,1-3H3. The van der Waals surface area contributed by atoms with Crippen molar-refractivity contribution >= 4 is 5.69 Å². The van der Waals surface area contributed by atoms with Gasteiger partial charge in [-0.1, -0.05) is 13.8 Å². The summed E-state index contributed by atoms with van der Waals surface area (Å²) in [7, 11) is 0. The van der Waals surface area contributed by atoms with Crippen molar-refractivity contribution in [3.8, 4) is 0 Å². The lowest BCUT2D eigenvalue weighted by molar-refractivity contribution is 0.232. The third-order valence-electron chi connectivity index (χ3n) is 4.42. The monoisotopic (exact) mass is 293 g/mol. The highest BCUT2D eigenvalue weighted by molar-refractivity contribution is 5.55. The van der Waals surface area contributed by atoms with E-state index in [9.17, 15) is 4.39 Å². The lowest BCUT2D eigenvalue weighted by Gasteiger charge is -2.27. The maximum atomic E-state index is 13.5. The van der Waals surface area contributed by atoms with Crippen molar-refractivity contribution in [1.29, 1.82) is 0 Å². The number of halogens is 1. The summed E-state index contributed by atoms with van der Waals surface area (Å²) >= 11 is 0. The quantitative estimate of drug-likeness (QED) is 0.875. The van der Waals surface area contributed by atoms with E-state index in [-0.39, 0.29) is 11.9 Å². The van der Waals surface area contributed by atoms with Gasteiger partial charge in [0, 0.05) is 30.9 Å². The zero-order chi connectivity index (χ0) is 15.4. The van der Waals surface area contributed by atoms with Crippen molar-refractivity contribution in [3.63, 3.8) is 0 Å². The van der Waals surface area contributed by atoms with E-state index in [1.807, 2.05) is 13.0 Å². The molecule has 3 nitrogen and oxygen atoms in total. The first-order valence-electron chi connectivity index (χ1n) is 8.08. The van der Waals surface area contributed by atoms with Crippen molar-refractivity contribution in [2.45, 2.75) is 45.7 Å². The Labute approximate surface area is 127 Å². The van der Waals surface area contributed by atoms with Crippen molar-refractivity contribution < 1.29 is 4.39 Å². The van der Waals surface area contributed by atoms with Crippen molar-refractivity contribution in [1.82, 2.24) is 4.90 Å². The Morgan fingerprint density at radius 3 is 2.71 bits per heavy atom. The van der Waals surface area contributed by atoms with Gasteiger partial charge in [-0.3, -0.25) is 4.90 Å². The van der Waals surface area contributed by atoms with Gasteiger partial charge in [0.1, 0.15) is 5.82 Å². The molecule has 2 atom stereocenters. The molecule has 1 heterocycles. The van der Waals surface area contributed by atoms with E-state index < -0.39 is 0 Å². The zero-order valence-electron chi connectivity index (χ0n) is 13.5. The van der Waals surface area contributed by atoms with E-state index in [4.69, 9.17) is 5.73 Å². The Kier molecular flexibility index (Phi) is 5.59. The molecule has 118 valence electrons. The minimum absolute atomic E-state index is 0.0479. The normalized spacial score (nSPS) is 20.3. The summed E-state index contributed by atoms with van der Waals surface area (Å²) in [4.78, 5) is 4.90. The summed E-state index contributed by atoms with van der Waals surface area (Å²) in [6, 6.07) is 5.77. The molecule has 0 saturated carbocycles. The second-order valence-electron chi connectivity index (χ2n) is 6.06. The molecule has 2 unspecified atom stereocenters. The second-order valence-corrected chi connectivity index (χ2v) is 6.06. The molecule has 1 fully saturated rings. The molecule has 2 N–H and O–H groups in total. The number of hydrogen-bond donors (Lipinski definition) is 1. The molecule has 0 radical (unpaired) electrons.